The van der Waals surface area contributed by atoms with Crippen molar-refractivity contribution < 1.29 is 0 Å². The standard InChI is InChI=1S/C16H16N2S/c17-16(18)14-6-1-2-7-15(14)19-13-9-8-11-4-3-5-12(11)10-13/h1-2,6-10H,3-5H2,(H3,17,18). The smallest absolute Gasteiger partial charge is 0.123 e. The van der Waals surface area contributed by atoms with Crippen molar-refractivity contribution in [1.29, 1.82) is 5.41 Å². The van der Waals surface area contributed by atoms with Gasteiger partial charge >= 0.3 is 0 Å². The maximum Gasteiger partial charge on any atom is 0.123 e. The predicted molar refractivity (Wildman–Crippen MR) is 80.0 cm³/mol. The molecule has 3 heteroatoms. The molecule has 2 aromatic carbocycles. The van der Waals surface area contributed by atoms with Crippen LogP contribution in [0, 0.1) is 5.41 Å². The molecular weight excluding hydrogens is 252 g/mol. The summed E-state index contributed by atoms with van der Waals surface area (Å²) in [5, 5.41) is 7.63. The number of benzene rings is 2. The SMILES string of the molecule is N=C(N)c1ccccc1Sc1ccc2c(c1)CCC2. The van der Waals surface area contributed by atoms with Gasteiger partial charge in [-0.05, 0) is 48.6 Å². The van der Waals surface area contributed by atoms with Crippen molar-refractivity contribution in [1.82, 2.24) is 0 Å². The Morgan fingerprint density at radius 1 is 1.05 bits per heavy atom. The quantitative estimate of drug-likeness (QED) is 0.660. The van der Waals surface area contributed by atoms with Gasteiger partial charge in [-0.1, -0.05) is 36.0 Å². The molecule has 1 aliphatic rings. The zero-order valence-corrected chi connectivity index (χ0v) is 11.5. The van der Waals surface area contributed by atoms with Crippen molar-refractivity contribution in [3.05, 3.63) is 59.2 Å². The molecule has 0 atom stereocenters. The Bertz CT molecular complexity index is 634. The summed E-state index contributed by atoms with van der Waals surface area (Å²) in [5.41, 5.74) is 9.41. The van der Waals surface area contributed by atoms with Crippen molar-refractivity contribution in [2.75, 3.05) is 0 Å². The number of fused-ring (bicyclic) bond motifs is 1. The van der Waals surface area contributed by atoms with Crippen molar-refractivity contribution in [2.45, 2.75) is 29.1 Å². The van der Waals surface area contributed by atoms with E-state index in [9.17, 15) is 0 Å². The van der Waals surface area contributed by atoms with Crippen LogP contribution in [0.3, 0.4) is 0 Å². The lowest BCUT2D eigenvalue weighted by Gasteiger charge is -2.09. The normalized spacial score (nSPS) is 13.3. The number of nitrogens with two attached hydrogens (primary N) is 1. The number of nitrogen functional groups attached to an aromatic ring is 1. The third kappa shape index (κ3) is 2.51. The fraction of sp³-hybridized carbons (Fsp3) is 0.188. The van der Waals surface area contributed by atoms with Gasteiger partial charge in [-0.25, -0.2) is 0 Å². The van der Waals surface area contributed by atoms with E-state index in [4.69, 9.17) is 11.1 Å². The summed E-state index contributed by atoms with van der Waals surface area (Å²) < 4.78 is 0. The van der Waals surface area contributed by atoms with Crippen LogP contribution in [0.2, 0.25) is 0 Å². The Labute approximate surface area is 117 Å². The monoisotopic (exact) mass is 268 g/mol. The van der Waals surface area contributed by atoms with E-state index < -0.39 is 0 Å². The lowest BCUT2D eigenvalue weighted by molar-refractivity contribution is 0.911. The second-order valence-corrected chi connectivity index (χ2v) is 5.91. The second kappa shape index (κ2) is 5.10. The van der Waals surface area contributed by atoms with E-state index in [0.717, 1.165) is 10.5 Å². The molecule has 0 radical (unpaired) electrons. The molecule has 96 valence electrons. The highest BCUT2D eigenvalue weighted by Crippen LogP contribution is 2.33. The molecule has 2 nitrogen and oxygen atoms in total. The van der Waals surface area contributed by atoms with Crippen LogP contribution in [0.5, 0.6) is 0 Å². The first-order valence-corrected chi connectivity index (χ1v) is 7.29. The minimum absolute atomic E-state index is 0.129. The summed E-state index contributed by atoms with van der Waals surface area (Å²) in [5.74, 6) is 0.129. The molecule has 0 saturated heterocycles. The minimum atomic E-state index is 0.129. The van der Waals surface area contributed by atoms with Crippen molar-refractivity contribution in [2.24, 2.45) is 5.73 Å². The molecule has 0 fully saturated rings. The van der Waals surface area contributed by atoms with Gasteiger partial charge in [0.2, 0.25) is 0 Å². The second-order valence-electron chi connectivity index (χ2n) is 4.80. The topological polar surface area (TPSA) is 49.9 Å². The van der Waals surface area contributed by atoms with Crippen LogP contribution in [0.1, 0.15) is 23.1 Å². The molecule has 3 rings (SSSR count). The summed E-state index contributed by atoms with van der Waals surface area (Å²) in [6.07, 6.45) is 3.68. The molecule has 3 N–H and O–H groups in total. The number of amidine groups is 1. The Hall–Kier alpha value is -1.74. The van der Waals surface area contributed by atoms with E-state index in [1.165, 1.54) is 35.3 Å². The van der Waals surface area contributed by atoms with Gasteiger partial charge < -0.3 is 5.73 Å². The molecule has 19 heavy (non-hydrogen) atoms. The Morgan fingerprint density at radius 3 is 2.68 bits per heavy atom. The molecule has 2 aromatic rings. The first kappa shape index (κ1) is 12.3. The maximum absolute atomic E-state index is 7.63. The van der Waals surface area contributed by atoms with Crippen LogP contribution < -0.4 is 5.73 Å². The van der Waals surface area contributed by atoms with Gasteiger partial charge in [0.25, 0.3) is 0 Å². The van der Waals surface area contributed by atoms with Gasteiger partial charge in [0.15, 0.2) is 0 Å². The van der Waals surface area contributed by atoms with Gasteiger partial charge in [0.1, 0.15) is 5.84 Å². The maximum atomic E-state index is 7.63. The summed E-state index contributed by atoms with van der Waals surface area (Å²) >= 11 is 1.69. The summed E-state index contributed by atoms with van der Waals surface area (Å²) in [6.45, 7) is 0. The number of nitrogens with one attached hydrogen (secondary N) is 1. The minimum Gasteiger partial charge on any atom is -0.384 e. The van der Waals surface area contributed by atoms with E-state index in [0.29, 0.717) is 0 Å². The molecule has 0 saturated carbocycles. The highest BCUT2D eigenvalue weighted by atomic mass is 32.2. The lowest BCUT2D eigenvalue weighted by atomic mass is 10.1. The molecule has 0 aromatic heterocycles. The van der Waals surface area contributed by atoms with Crippen molar-refractivity contribution in [3.8, 4) is 0 Å². The van der Waals surface area contributed by atoms with E-state index in [2.05, 4.69) is 18.2 Å². The van der Waals surface area contributed by atoms with Gasteiger partial charge in [0, 0.05) is 15.4 Å². The molecule has 0 spiro atoms. The largest absolute Gasteiger partial charge is 0.384 e. The van der Waals surface area contributed by atoms with E-state index in [1.54, 1.807) is 11.8 Å². The third-order valence-corrected chi connectivity index (χ3v) is 4.54. The average molecular weight is 268 g/mol. The van der Waals surface area contributed by atoms with Crippen LogP contribution in [0.25, 0.3) is 0 Å². The number of hydrogen-bond donors (Lipinski definition) is 2. The lowest BCUT2D eigenvalue weighted by Crippen LogP contribution is -2.11. The fourth-order valence-electron chi connectivity index (χ4n) is 2.52. The molecule has 0 bridgehead atoms. The molecule has 0 aliphatic heterocycles. The molecule has 1 aliphatic carbocycles. The van der Waals surface area contributed by atoms with Crippen LogP contribution in [-0.2, 0) is 12.8 Å². The number of rotatable bonds is 3. The van der Waals surface area contributed by atoms with Gasteiger partial charge in [0.05, 0.1) is 0 Å². The zero-order valence-electron chi connectivity index (χ0n) is 10.6. The van der Waals surface area contributed by atoms with Crippen molar-refractivity contribution in [3.63, 3.8) is 0 Å². The fourth-order valence-corrected chi connectivity index (χ4v) is 3.54. The predicted octanol–water partition coefficient (Wildman–Crippen LogP) is 3.61. The van der Waals surface area contributed by atoms with Gasteiger partial charge in [-0.2, -0.15) is 0 Å². The first-order valence-electron chi connectivity index (χ1n) is 6.47. The van der Waals surface area contributed by atoms with Crippen LogP contribution in [0.15, 0.2) is 52.3 Å². The molecule has 0 amide bonds. The van der Waals surface area contributed by atoms with Crippen LogP contribution in [-0.4, -0.2) is 5.84 Å². The third-order valence-electron chi connectivity index (χ3n) is 3.47. The van der Waals surface area contributed by atoms with Gasteiger partial charge in [-0.3, -0.25) is 5.41 Å². The highest BCUT2D eigenvalue weighted by molar-refractivity contribution is 7.99. The van der Waals surface area contributed by atoms with E-state index in [1.807, 2.05) is 24.3 Å². The van der Waals surface area contributed by atoms with Crippen molar-refractivity contribution >= 4 is 17.6 Å². The molecule has 0 unspecified atom stereocenters. The van der Waals surface area contributed by atoms with E-state index in [-0.39, 0.29) is 5.84 Å². The zero-order chi connectivity index (χ0) is 13.2. The first-order chi connectivity index (χ1) is 9.24. The summed E-state index contributed by atoms with van der Waals surface area (Å²) in [6, 6.07) is 14.5. The number of aryl methyl sites for hydroxylation is 2. The Kier molecular flexibility index (Phi) is 3.30. The highest BCUT2D eigenvalue weighted by Gasteiger charge is 2.12. The molecule has 0 heterocycles. The van der Waals surface area contributed by atoms with E-state index >= 15 is 0 Å². The van der Waals surface area contributed by atoms with Gasteiger partial charge in [-0.15, -0.1) is 0 Å². The van der Waals surface area contributed by atoms with Crippen LogP contribution in [0.4, 0.5) is 0 Å². The molecular formula is C16H16N2S. The summed E-state index contributed by atoms with van der Waals surface area (Å²) in [4.78, 5) is 2.28. The summed E-state index contributed by atoms with van der Waals surface area (Å²) in [7, 11) is 0. The number of hydrogen-bond acceptors (Lipinski definition) is 2. The Morgan fingerprint density at radius 2 is 1.84 bits per heavy atom. The van der Waals surface area contributed by atoms with Crippen LogP contribution >= 0.6 is 11.8 Å². The average Bonchev–Trinajstić information content (AvgIpc) is 2.86. The Balaban J connectivity index is 1.91.